The summed E-state index contributed by atoms with van der Waals surface area (Å²) in [5.74, 6) is 0.960. The number of ether oxygens (including phenoxy) is 2. The van der Waals surface area contributed by atoms with Crippen LogP contribution in [0.25, 0.3) is 0 Å². The van der Waals surface area contributed by atoms with Gasteiger partial charge in [0.2, 0.25) is 0 Å². The fourth-order valence-electron chi connectivity index (χ4n) is 3.46. The van der Waals surface area contributed by atoms with Crippen LogP contribution in [0, 0.1) is 12.3 Å². The normalized spacial score (nSPS) is 16.2. The minimum atomic E-state index is -0.775. The Morgan fingerprint density at radius 2 is 1.74 bits per heavy atom. The first-order valence-electron chi connectivity index (χ1n) is 9.60. The lowest BCUT2D eigenvalue weighted by Gasteiger charge is -2.41. The first-order valence-corrected chi connectivity index (χ1v) is 9.60. The van der Waals surface area contributed by atoms with Crippen LogP contribution in [-0.2, 0) is 4.79 Å². The molecular weight excluding hydrogens is 340 g/mol. The lowest BCUT2D eigenvalue weighted by molar-refractivity contribution is -0.137. The molecule has 2 aromatic rings. The zero-order valence-electron chi connectivity index (χ0n) is 16.1. The van der Waals surface area contributed by atoms with E-state index in [2.05, 4.69) is 19.1 Å². The Labute approximate surface area is 161 Å². The van der Waals surface area contributed by atoms with Gasteiger partial charge in [0.05, 0.1) is 19.6 Å². The van der Waals surface area contributed by atoms with Crippen LogP contribution in [-0.4, -0.2) is 24.3 Å². The van der Waals surface area contributed by atoms with Crippen molar-refractivity contribution in [2.45, 2.75) is 45.4 Å². The molecule has 27 heavy (non-hydrogen) atoms. The van der Waals surface area contributed by atoms with Crippen LogP contribution >= 0.6 is 0 Å². The molecular formula is C23H28O4. The molecule has 3 rings (SSSR count). The monoisotopic (exact) mass is 368 g/mol. The van der Waals surface area contributed by atoms with Crippen LogP contribution in [0.15, 0.2) is 48.5 Å². The SMILES string of the molecule is Cc1cccc(OCC2(COc3ccc(C(C)CC(=O)O)cc3)CCC2)c1. The zero-order valence-corrected chi connectivity index (χ0v) is 16.1. The van der Waals surface area contributed by atoms with Gasteiger partial charge < -0.3 is 14.6 Å². The van der Waals surface area contributed by atoms with Gasteiger partial charge in [-0.15, -0.1) is 0 Å². The number of benzene rings is 2. The Hall–Kier alpha value is -2.49. The number of rotatable bonds is 9. The van der Waals surface area contributed by atoms with E-state index >= 15 is 0 Å². The van der Waals surface area contributed by atoms with Gasteiger partial charge in [-0.2, -0.15) is 0 Å². The summed E-state index contributed by atoms with van der Waals surface area (Å²) in [6, 6.07) is 15.9. The van der Waals surface area contributed by atoms with E-state index in [0.717, 1.165) is 29.9 Å². The van der Waals surface area contributed by atoms with Crippen molar-refractivity contribution >= 4 is 5.97 Å². The maximum absolute atomic E-state index is 10.8. The van der Waals surface area contributed by atoms with Crippen LogP contribution < -0.4 is 9.47 Å². The molecule has 144 valence electrons. The highest BCUT2D eigenvalue weighted by atomic mass is 16.5. The predicted molar refractivity (Wildman–Crippen MR) is 106 cm³/mol. The highest BCUT2D eigenvalue weighted by molar-refractivity contribution is 5.67. The molecule has 1 aliphatic rings. The van der Waals surface area contributed by atoms with E-state index in [-0.39, 0.29) is 17.8 Å². The molecule has 1 atom stereocenters. The second kappa shape index (κ2) is 8.47. The molecule has 0 saturated heterocycles. The standard InChI is InChI=1S/C23H28O4/c1-17-5-3-6-21(13-17)27-16-23(11-4-12-23)15-26-20-9-7-19(8-10-20)18(2)14-22(24)25/h3,5-10,13,18H,4,11-12,14-16H2,1-2H3,(H,24,25). The van der Waals surface area contributed by atoms with E-state index in [4.69, 9.17) is 14.6 Å². The average molecular weight is 368 g/mol. The van der Waals surface area contributed by atoms with Gasteiger partial charge in [0.25, 0.3) is 0 Å². The number of hydrogen-bond acceptors (Lipinski definition) is 3. The molecule has 1 unspecified atom stereocenters. The van der Waals surface area contributed by atoms with Gasteiger partial charge in [0.1, 0.15) is 11.5 Å². The fraction of sp³-hybridized carbons (Fsp3) is 0.435. The van der Waals surface area contributed by atoms with E-state index < -0.39 is 5.97 Å². The van der Waals surface area contributed by atoms with Crippen LogP contribution in [0.5, 0.6) is 11.5 Å². The Balaban J connectivity index is 1.53. The summed E-state index contributed by atoms with van der Waals surface area (Å²) in [6.45, 7) is 5.30. The molecule has 0 amide bonds. The molecule has 0 aromatic heterocycles. The van der Waals surface area contributed by atoms with Crippen molar-refractivity contribution < 1.29 is 19.4 Å². The molecule has 1 aliphatic carbocycles. The average Bonchev–Trinajstić information content (AvgIpc) is 2.60. The quantitative estimate of drug-likeness (QED) is 0.661. The summed E-state index contributed by atoms with van der Waals surface area (Å²) >= 11 is 0. The van der Waals surface area contributed by atoms with Gasteiger partial charge in [-0.1, -0.05) is 37.6 Å². The molecule has 1 fully saturated rings. The second-order valence-corrected chi connectivity index (χ2v) is 7.82. The van der Waals surface area contributed by atoms with E-state index in [0.29, 0.717) is 13.2 Å². The molecule has 1 saturated carbocycles. The summed E-state index contributed by atoms with van der Waals surface area (Å²) < 4.78 is 12.1. The van der Waals surface area contributed by atoms with E-state index in [1.54, 1.807) is 0 Å². The van der Waals surface area contributed by atoms with Crippen molar-refractivity contribution in [3.8, 4) is 11.5 Å². The summed E-state index contributed by atoms with van der Waals surface area (Å²) in [5.41, 5.74) is 2.30. The van der Waals surface area contributed by atoms with Gasteiger partial charge in [-0.3, -0.25) is 4.79 Å². The van der Waals surface area contributed by atoms with Gasteiger partial charge in [-0.25, -0.2) is 0 Å². The van der Waals surface area contributed by atoms with Gasteiger partial charge in [0.15, 0.2) is 0 Å². The number of carboxylic acids is 1. The lowest BCUT2D eigenvalue weighted by atomic mass is 9.70. The number of aryl methyl sites for hydroxylation is 1. The van der Waals surface area contributed by atoms with Crippen molar-refractivity contribution in [2.24, 2.45) is 5.41 Å². The predicted octanol–water partition coefficient (Wildman–Crippen LogP) is 5.20. The van der Waals surface area contributed by atoms with Crippen molar-refractivity contribution in [2.75, 3.05) is 13.2 Å². The first kappa shape index (κ1) is 19.3. The number of aliphatic carboxylic acids is 1. The Morgan fingerprint density at radius 3 is 2.30 bits per heavy atom. The molecule has 0 aliphatic heterocycles. The van der Waals surface area contributed by atoms with Crippen molar-refractivity contribution in [3.05, 3.63) is 59.7 Å². The van der Waals surface area contributed by atoms with E-state index in [1.165, 1.54) is 12.0 Å². The first-order chi connectivity index (χ1) is 13.0. The van der Waals surface area contributed by atoms with Crippen molar-refractivity contribution in [3.63, 3.8) is 0 Å². The highest BCUT2D eigenvalue weighted by Gasteiger charge is 2.39. The minimum absolute atomic E-state index is 0.00254. The maximum Gasteiger partial charge on any atom is 0.303 e. The molecule has 4 heteroatoms. The zero-order chi connectivity index (χ0) is 19.3. The van der Waals surface area contributed by atoms with Crippen LogP contribution in [0.3, 0.4) is 0 Å². The van der Waals surface area contributed by atoms with Crippen LogP contribution in [0.2, 0.25) is 0 Å². The number of hydrogen-bond donors (Lipinski definition) is 1. The molecule has 1 N–H and O–H groups in total. The molecule has 0 bridgehead atoms. The summed E-state index contributed by atoms with van der Waals surface area (Å²) in [4.78, 5) is 10.8. The fourth-order valence-corrected chi connectivity index (χ4v) is 3.46. The Kier molecular flexibility index (Phi) is 6.04. The third-order valence-electron chi connectivity index (χ3n) is 5.42. The van der Waals surface area contributed by atoms with Crippen LogP contribution in [0.1, 0.15) is 49.7 Å². The van der Waals surface area contributed by atoms with Gasteiger partial charge in [0, 0.05) is 5.41 Å². The Morgan fingerprint density at radius 1 is 1.07 bits per heavy atom. The summed E-state index contributed by atoms with van der Waals surface area (Å²) in [6.07, 6.45) is 3.59. The lowest BCUT2D eigenvalue weighted by Crippen LogP contribution is -2.41. The third kappa shape index (κ3) is 5.25. The van der Waals surface area contributed by atoms with Gasteiger partial charge >= 0.3 is 5.97 Å². The third-order valence-corrected chi connectivity index (χ3v) is 5.42. The highest BCUT2D eigenvalue weighted by Crippen LogP contribution is 2.41. The van der Waals surface area contributed by atoms with E-state index in [9.17, 15) is 4.79 Å². The number of carboxylic acid groups (broad SMARTS) is 1. The van der Waals surface area contributed by atoms with Crippen molar-refractivity contribution in [1.29, 1.82) is 0 Å². The van der Waals surface area contributed by atoms with Gasteiger partial charge in [-0.05, 0) is 61.1 Å². The van der Waals surface area contributed by atoms with Crippen LogP contribution in [0.4, 0.5) is 0 Å². The molecule has 0 radical (unpaired) electrons. The Bertz CT molecular complexity index is 762. The molecule has 0 spiro atoms. The topological polar surface area (TPSA) is 55.8 Å². The summed E-state index contributed by atoms with van der Waals surface area (Å²) in [7, 11) is 0. The van der Waals surface area contributed by atoms with E-state index in [1.807, 2.05) is 43.3 Å². The second-order valence-electron chi connectivity index (χ2n) is 7.82. The summed E-state index contributed by atoms with van der Waals surface area (Å²) in [5, 5.41) is 8.92. The molecule has 4 nitrogen and oxygen atoms in total. The maximum atomic E-state index is 10.8. The smallest absolute Gasteiger partial charge is 0.303 e. The largest absolute Gasteiger partial charge is 0.493 e. The molecule has 2 aromatic carbocycles. The minimum Gasteiger partial charge on any atom is -0.493 e. The molecule has 0 heterocycles. The number of carbonyl (C=O) groups is 1. The van der Waals surface area contributed by atoms with Crippen molar-refractivity contribution in [1.82, 2.24) is 0 Å².